The lowest BCUT2D eigenvalue weighted by atomic mass is 10.2. The lowest BCUT2D eigenvalue weighted by molar-refractivity contribution is 0.199. The van der Waals surface area contributed by atoms with Gasteiger partial charge >= 0.3 is 0 Å². The number of rotatable bonds is 1. The van der Waals surface area contributed by atoms with Crippen LogP contribution in [0.3, 0.4) is 0 Å². The fourth-order valence-electron chi connectivity index (χ4n) is 1.23. The number of thiazole rings is 1. The number of aromatic nitrogens is 1. The number of benzene rings is 1. The van der Waals surface area contributed by atoms with Crippen LogP contribution >= 0.6 is 11.3 Å². The van der Waals surface area contributed by atoms with E-state index in [0.29, 0.717) is 0 Å². The molecule has 0 fully saturated rings. The number of fused-ring (bicyclic) bond motifs is 1. The number of aryl methyl sites for hydroxylation is 1. The van der Waals surface area contributed by atoms with Gasteiger partial charge in [-0.15, -0.1) is 11.3 Å². The van der Waals surface area contributed by atoms with Gasteiger partial charge in [-0.25, -0.2) is 4.98 Å². The first-order valence-corrected chi connectivity index (χ1v) is 5.03. The van der Waals surface area contributed by atoms with Crippen LogP contribution in [0.15, 0.2) is 18.2 Å². The molecule has 3 heteroatoms. The van der Waals surface area contributed by atoms with Crippen LogP contribution in [0.2, 0.25) is 0 Å². The molecule has 0 saturated heterocycles. The Hall–Kier alpha value is -0.930. The molecule has 2 nitrogen and oxygen atoms in total. The van der Waals surface area contributed by atoms with Gasteiger partial charge in [0, 0.05) is 0 Å². The predicted octanol–water partition coefficient (Wildman–Crippen LogP) is 2.66. The molecule has 0 radical (unpaired) electrons. The van der Waals surface area contributed by atoms with Gasteiger partial charge in [0.05, 0.1) is 10.2 Å². The second-order valence-electron chi connectivity index (χ2n) is 3.20. The summed E-state index contributed by atoms with van der Waals surface area (Å²) in [5.41, 5.74) is 2.21. The summed E-state index contributed by atoms with van der Waals surface area (Å²) in [6.07, 6.45) is -0.460. The molecule has 1 unspecified atom stereocenters. The summed E-state index contributed by atoms with van der Waals surface area (Å²) in [4.78, 5) is 4.32. The molecule has 1 N–H and O–H groups in total. The smallest absolute Gasteiger partial charge is 0.122 e. The van der Waals surface area contributed by atoms with Gasteiger partial charge in [-0.2, -0.15) is 0 Å². The second kappa shape index (κ2) is 3.09. The van der Waals surface area contributed by atoms with Crippen LogP contribution in [0.5, 0.6) is 0 Å². The second-order valence-corrected chi connectivity index (χ2v) is 4.26. The van der Waals surface area contributed by atoms with Gasteiger partial charge in [-0.3, -0.25) is 0 Å². The first kappa shape index (κ1) is 8.66. The molecule has 0 aliphatic rings. The number of aliphatic hydroxyl groups is 1. The van der Waals surface area contributed by atoms with Gasteiger partial charge in [0.2, 0.25) is 0 Å². The Kier molecular flexibility index (Phi) is 2.06. The zero-order valence-corrected chi connectivity index (χ0v) is 8.43. The van der Waals surface area contributed by atoms with Crippen LogP contribution in [0.1, 0.15) is 23.6 Å². The minimum Gasteiger partial charge on any atom is -0.386 e. The van der Waals surface area contributed by atoms with E-state index in [2.05, 4.69) is 18.0 Å². The van der Waals surface area contributed by atoms with Crippen molar-refractivity contribution in [2.45, 2.75) is 20.0 Å². The van der Waals surface area contributed by atoms with Gasteiger partial charge in [0.25, 0.3) is 0 Å². The van der Waals surface area contributed by atoms with Crippen LogP contribution in [0.25, 0.3) is 10.2 Å². The maximum Gasteiger partial charge on any atom is 0.122 e. The van der Waals surface area contributed by atoms with Gasteiger partial charge in [0.15, 0.2) is 0 Å². The Bertz CT molecular complexity index is 433. The van der Waals surface area contributed by atoms with E-state index < -0.39 is 6.10 Å². The fourth-order valence-corrected chi connectivity index (χ4v) is 2.23. The summed E-state index contributed by atoms with van der Waals surface area (Å²) in [6.45, 7) is 3.80. The molecule has 1 aromatic heterocycles. The predicted molar refractivity (Wildman–Crippen MR) is 55.0 cm³/mol. The molecule has 68 valence electrons. The number of nitrogens with zero attached hydrogens (tertiary/aromatic N) is 1. The molecule has 0 saturated carbocycles. The number of aliphatic hydroxyl groups excluding tert-OH is 1. The van der Waals surface area contributed by atoms with E-state index in [9.17, 15) is 5.11 Å². The van der Waals surface area contributed by atoms with Gasteiger partial charge in [0.1, 0.15) is 11.1 Å². The van der Waals surface area contributed by atoms with E-state index in [1.165, 1.54) is 5.56 Å². The van der Waals surface area contributed by atoms with Crippen molar-refractivity contribution in [3.8, 4) is 0 Å². The van der Waals surface area contributed by atoms with E-state index in [1.807, 2.05) is 12.1 Å². The topological polar surface area (TPSA) is 33.1 Å². The summed E-state index contributed by atoms with van der Waals surface area (Å²) in [7, 11) is 0. The summed E-state index contributed by atoms with van der Waals surface area (Å²) in [5, 5.41) is 10.1. The number of hydrogen-bond acceptors (Lipinski definition) is 3. The minimum atomic E-state index is -0.460. The average molecular weight is 193 g/mol. The summed E-state index contributed by atoms with van der Waals surface area (Å²) in [6, 6.07) is 6.12. The molecule has 1 aromatic carbocycles. The molecule has 0 spiro atoms. The van der Waals surface area contributed by atoms with E-state index in [-0.39, 0.29) is 0 Å². The maximum absolute atomic E-state index is 9.34. The largest absolute Gasteiger partial charge is 0.386 e. The molecule has 0 bridgehead atoms. The Morgan fingerprint density at radius 2 is 2.23 bits per heavy atom. The van der Waals surface area contributed by atoms with Crippen molar-refractivity contribution in [2.75, 3.05) is 0 Å². The Morgan fingerprint density at radius 1 is 1.46 bits per heavy atom. The van der Waals surface area contributed by atoms with Crippen molar-refractivity contribution in [3.05, 3.63) is 28.8 Å². The first-order chi connectivity index (χ1) is 6.16. The zero-order chi connectivity index (χ0) is 9.42. The molecule has 0 aliphatic heterocycles. The first-order valence-electron chi connectivity index (χ1n) is 4.22. The molecule has 2 aromatic rings. The van der Waals surface area contributed by atoms with Gasteiger partial charge in [-0.05, 0) is 31.5 Å². The highest BCUT2D eigenvalue weighted by molar-refractivity contribution is 7.18. The van der Waals surface area contributed by atoms with Crippen molar-refractivity contribution < 1.29 is 5.11 Å². The van der Waals surface area contributed by atoms with Crippen LogP contribution in [0.4, 0.5) is 0 Å². The van der Waals surface area contributed by atoms with E-state index in [1.54, 1.807) is 18.3 Å². The monoisotopic (exact) mass is 193 g/mol. The van der Waals surface area contributed by atoms with Crippen molar-refractivity contribution >= 4 is 21.6 Å². The third-order valence-corrected chi connectivity index (χ3v) is 3.11. The molecule has 0 aliphatic carbocycles. The molecule has 1 heterocycles. The van der Waals surface area contributed by atoms with E-state index in [4.69, 9.17) is 0 Å². The maximum atomic E-state index is 9.34. The van der Waals surface area contributed by atoms with Crippen molar-refractivity contribution in [2.24, 2.45) is 0 Å². The molecular formula is C10H11NOS. The molecule has 0 amide bonds. The van der Waals surface area contributed by atoms with Crippen LogP contribution in [0, 0.1) is 6.92 Å². The highest BCUT2D eigenvalue weighted by atomic mass is 32.1. The highest BCUT2D eigenvalue weighted by Gasteiger charge is 2.07. The standard InChI is InChI=1S/C10H11NOS/c1-6-3-4-8-9(5-6)13-10(11-8)7(2)12/h3-5,7,12H,1-2H3. The Labute approximate surface area is 80.9 Å². The summed E-state index contributed by atoms with van der Waals surface area (Å²) < 4.78 is 1.15. The van der Waals surface area contributed by atoms with Gasteiger partial charge in [-0.1, -0.05) is 6.07 Å². The Morgan fingerprint density at radius 3 is 2.92 bits per heavy atom. The van der Waals surface area contributed by atoms with Crippen molar-refractivity contribution in [1.82, 2.24) is 4.98 Å². The van der Waals surface area contributed by atoms with Crippen LogP contribution < -0.4 is 0 Å². The van der Waals surface area contributed by atoms with E-state index >= 15 is 0 Å². The van der Waals surface area contributed by atoms with E-state index in [0.717, 1.165) is 15.2 Å². The minimum absolute atomic E-state index is 0.460. The normalized spacial score (nSPS) is 13.5. The van der Waals surface area contributed by atoms with Gasteiger partial charge < -0.3 is 5.11 Å². The molecule has 1 atom stereocenters. The third-order valence-electron chi connectivity index (χ3n) is 1.92. The average Bonchev–Trinajstić information content (AvgIpc) is 2.46. The fraction of sp³-hybridized carbons (Fsp3) is 0.300. The molecular weight excluding hydrogens is 182 g/mol. The molecule has 2 rings (SSSR count). The lowest BCUT2D eigenvalue weighted by Gasteiger charge is -1.93. The molecule has 13 heavy (non-hydrogen) atoms. The summed E-state index contributed by atoms with van der Waals surface area (Å²) >= 11 is 1.56. The number of hydrogen-bond donors (Lipinski definition) is 1. The Balaban J connectivity index is 2.62. The SMILES string of the molecule is Cc1ccc2nc(C(C)O)sc2c1. The zero-order valence-electron chi connectivity index (χ0n) is 7.61. The highest BCUT2D eigenvalue weighted by Crippen LogP contribution is 2.26. The third kappa shape index (κ3) is 1.57. The summed E-state index contributed by atoms with van der Waals surface area (Å²) in [5.74, 6) is 0. The van der Waals surface area contributed by atoms with Crippen molar-refractivity contribution in [1.29, 1.82) is 0 Å². The lowest BCUT2D eigenvalue weighted by Crippen LogP contribution is -1.87. The quantitative estimate of drug-likeness (QED) is 0.755. The van der Waals surface area contributed by atoms with Crippen LogP contribution in [-0.2, 0) is 0 Å². The van der Waals surface area contributed by atoms with Crippen molar-refractivity contribution in [3.63, 3.8) is 0 Å². The van der Waals surface area contributed by atoms with Crippen LogP contribution in [-0.4, -0.2) is 10.1 Å².